The smallest absolute Gasteiger partial charge is 0.339 e. The molecule has 0 unspecified atom stereocenters. The van der Waals surface area contributed by atoms with Crippen molar-refractivity contribution in [3.05, 3.63) is 138 Å². The molecule has 5 aromatic carbocycles. The average Bonchev–Trinajstić information content (AvgIpc) is 2.96. The minimum Gasteiger partial charge on any atom is -0.457 e. The number of fused-ring (bicyclic) bond motifs is 1. The fraction of sp³-hybridized carbons (Fsp3) is 0.0312. The third-order valence-corrected chi connectivity index (χ3v) is 6.26. The molecule has 5 aromatic rings. The van der Waals surface area contributed by atoms with Gasteiger partial charge in [-0.05, 0) is 57.8 Å². The molecule has 0 aliphatic carbocycles. The zero-order chi connectivity index (χ0) is 26.5. The van der Waals surface area contributed by atoms with Crippen LogP contribution in [0.25, 0.3) is 21.9 Å². The Balaban J connectivity index is 1.53. The van der Waals surface area contributed by atoms with Gasteiger partial charge in [-0.15, -0.1) is 0 Å². The van der Waals surface area contributed by atoms with Crippen molar-refractivity contribution < 1.29 is 14.3 Å². The fourth-order valence-electron chi connectivity index (χ4n) is 4.36. The maximum atomic E-state index is 13.5. The molecular weight excluding hydrogens is 474 g/mol. The summed E-state index contributed by atoms with van der Waals surface area (Å²) in [4.78, 5) is 26.9. The first-order valence-corrected chi connectivity index (χ1v) is 12.1. The molecule has 0 atom stereocenters. The van der Waals surface area contributed by atoms with Crippen molar-refractivity contribution in [1.82, 2.24) is 0 Å². The summed E-state index contributed by atoms with van der Waals surface area (Å²) in [6, 6.07) is 34.8. The van der Waals surface area contributed by atoms with E-state index < -0.39 is 5.97 Å². The second kappa shape index (κ2) is 10.8. The number of rotatable bonds is 7. The molecule has 0 saturated heterocycles. The van der Waals surface area contributed by atoms with Gasteiger partial charge >= 0.3 is 5.97 Å². The van der Waals surface area contributed by atoms with Crippen LogP contribution in [0.5, 0.6) is 0 Å². The Bertz CT molecular complexity index is 1640. The summed E-state index contributed by atoms with van der Waals surface area (Å²) in [6.07, 6.45) is 0. The molecule has 0 aromatic heterocycles. The second-order valence-electron chi connectivity index (χ2n) is 8.76. The van der Waals surface area contributed by atoms with Crippen LogP contribution in [0.15, 0.2) is 115 Å². The number of nitrogens with two attached hydrogens (primary N) is 1. The van der Waals surface area contributed by atoms with Gasteiger partial charge in [-0.3, -0.25) is 10.2 Å². The summed E-state index contributed by atoms with van der Waals surface area (Å²) in [7, 11) is 0. The van der Waals surface area contributed by atoms with Crippen molar-refractivity contribution in [1.29, 1.82) is 5.41 Å². The van der Waals surface area contributed by atoms with Crippen LogP contribution in [0.1, 0.15) is 31.8 Å². The zero-order valence-electron chi connectivity index (χ0n) is 20.5. The fourth-order valence-corrected chi connectivity index (χ4v) is 4.36. The highest BCUT2D eigenvalue weighted by atomic mass is 16.5. The lowest BCUT2D eigenvalue weighted by atomic mass is 9.91. The van der Waals surface area contributed by atoms with Crippen LogP contribution in [-0.2, 0) is 11.3 Å². The Hall–Kier alpha value is -5.23. The van der Waals surface area contributed by atoms with E-state index in [4.69, 9.17) is 15.9 Å². The number of hydrogen-bond acceptors (Lipinski definition) is 4. The summed E-state index contributed by atoms with van der Waals surface area (Å²) in [5.74, 6) is -0.833. The summed E-state index contributed by atoms with van der Waals surface area (Å²) < 4.78 is 5.74. The van der Waals surface area contributed by atoms with Gasteiger partial charge in [-0.25, -0.2) is 4.79 Å². The standard InChI is InChI=1S/C32H25N3O3/c33-30(34)23-14-17-24(18-15-23)35-31(36)28-13-7-6-12-26(28)27-19-16-22-10-4-5-11-25(22)29(27)32(37)38-20-21-8-2-1-3-9-21/h1-19H,20H2,(H3,33,34)(H,35,36). The predicted molar refractivity (Wildman–Crippen MR) is 150 cm³/mol. The van der Waals surface area contributed by atoms with E-state index in [1.54, 1.807) is 36.4 Å². The zero-order valence-corrected chi connectivity index (χ0v) is 20.5. The summed E-state index contributed by atoms with van der Waals surface area (Å²) in [6.45, 7) is 0.140. The van der Waals surface area contributed by atoms with Crippen molar-refractivity contribution in [2.24, 2.45) is 5.73 Å². The molecule has 0 aliphatic heterocycles. The van der Waals surface area contributed by atoms with Crippen LogP contribution in [0.2, 0.25) is 0 Å². The number of amidine groups is 1. The lowest BCUT2D eigenvalue weighted by molar-refractivity contribution is 0.0476. The predicted octanol–water partition coefficient (Wildman–Crippen LogP) is 6.40. The van der Waals surface area contributed by atoms with E-state index >= 15 is 0 Å². The number of carbonyl (C=O) groups excluding carboxylic acids is 2. The number of hydrogen-bond donors (Lipinski definition) is 3. The summed E-state index contributed by atoms with van der Waals surface area (Å²) in [5, 5.41) is 12.1. The minimum absolute atomic E-state index is 0.0452. The van der Waals surface area contributed by atoms with E-state index in [9.17, 15) is 9.59 Å². The maximum absolute atomic E-state index is 13.5. The first-order valence-electron chi connectivity index (χ1n) is 12.1. The third-order valence-electron chi connectivity index (χ3n) is 6.26. The number of esters is 1. The molecule has 0 aliphatic rings. The van der Waals surface area contributed by atoms with Crippen LogP contribution in [0.3, 0.4) is 0 Å². The molecule has 1 amide bonds. The Morgan fingerprint density at radius 1 is 0.737 bits per heavy atom. The van der Waals surface area contributed by atoms with Crippen molar-refractivity contribution in [3.8, 4) is 11.1 Å². The number of anilines is 1. The number of ether oxygens (including phenoxy) is 1. The van der Waals surface area contributed by atoms with E-state index in [0.717, 1.165) is 16.3 Å². The molecule has 0 heterocycles. The van der Waals surface area contributed by atoms with E-state index in [1.807, 2.05) is 78.9 Å². The minimum atomic E-state index is -0.462. The summed E-state index contributed by atoms with van der Waals surface area (Å²) in [5.41, 5.74) is 9.60. The van der Waals surface area contributed by atoms with Gasteiger partial charge in [0.2, 0.25) is 0 Å². The van der Waals surface area contributed by atoms with Crippen molar-refractivity contribution >= 4 is 34.2 Å². The van der Waals surface area contributed by atoms with Gasteiger partial charge in [0.25, 0.3) is 5.91 Å². The van der Waals surface area contributed by atoms with E-state index in [1.165, 1.54) is 0 Å². The van der Waals surface area contributed by atoms with Gasteiger partial charge in [-0.2, -0.15) is 0 Å². The molecule has 4 N–H and O–H groups in total. The molecule has 186 valence electrons. The molecule has 0 saturated carbocycles. The van der Waals surface area contributed by atoms with E-state index in [-0.39, 0.29) is 18.3 Å². The monoisotopic (exact) mass is 499 g/mol. The van der Waals surface area contributed by atoms with Crippen molar-refractivity contribution in [2.75, 3.05) is 5.32 Å². The molecular formula is C32H25N3O3. The SMILES string of the molecule is N=C(N)c1ccc(NC(=O)c2ccccc2-c2ccc3ccccc3c2C(=O)OCc2ccccc2)cc1. The van der Waals surface area contributed by atoms with Crippen LogP contribution < -0.4 is 11.1 Å². The van der Waals surface area contributed by atoms with E-state index in [2.05, 4.69) is 5.32 Å². The van der Waals surface area contributed by atoms with Crippen LogP contribution in [0.4, 0.5) is 5.69 Å². The summed E-state index contributed by atoms with van der Waals surface area (Å²) >= 11 is 0. The highest BCUT2D eigenvalue weighted by Crippen LogP contribution is 2.33. The highest BCUT2D eigenvalue weighted by molar-refractivity contribution is 6.14. The Labute approximate surface area is 220 Å². The molecule has 6 heteroatoms. The molecule has 0 fully saturated rings. The van der Waals surface area contributed by atoms with Crippen molar-refractivity contribution in [2.45, 2.75) is 6.61 Å². The maximum Gasteiger partial charge on any atom is 0.339 e. The van der Waals surface area contributed by atoms with Gasteiger partial charge in [-0.1, -0.05) is 84.9 Å². The number of benzene rings is 5. The van der Waals surface area contributed by atoms with E-state index in [0.29, 0.717) is 33.5 Å². The number of nitrogens with one attached hydrogen (secondary N) is 2. The molecule has 0 radical (unpaired) electrons. The second-order valence-corrected chi connectivity index (χ2v) is 8.76. The normalized spacial score (nSPS) is 10.6. The molecule has 0 bridgehead atoms. The van der Waals surface area contributed by atoms with Gasteiger partial charge in [0.15, 0.2) is 0 Å². The topological polar surface area (TPSA) is 105 Å². The number of nitrogen functional groups attached to an aromatic ring is 1. The van der Waals surface area contributed by atoms with Gasteiger partial charge < -0.3 is 15.8 Å². The largest absolute Gasteiger partial charge is 0.457 e. The van der Waals surface area contributed by atoms with Crippen molar-refractivity contribution in [3.63, 3.8) is 0 Å². The number of amides is 1. The van der Waals surface area contributed by atoms with Crippen LogP contribution in [-0.4, -0.2) is 17.7 Å². The quantitative estimate of drug-likeness (QED) is 0.137. The molecule has 38 heavy (non-hydrogen) atoms. The first kappa shape index (κ1) is 24.5. The Morgan fingerprint density at radius 3 is 2.18 bits per heavy atom. The average molecular weight is 500 g/mol. The Kier molecular flexibility index (Phi) is 6.95. The van der Waals surface area contributed by atoms with Crippen LogP contribution >= 0.6 is 0 Å². The highest BCUT2D eigenvalue weighted by Gasteiger charge is 2.22. The molecule has 6 nitrogen and oxygen atoms in total. The molecule has 5 rings (SSSR count). The third kappa shape index (κ3) is 5.15. The van der Waals surface area contributed by atoms with Crippen LogP contribution in [0, 0.1) is 5.41 Å². The van der Waals surface area contributed by atoms with Gasteiger partial charge in [0, 0.05) is 16.8 Å². The van der Waals surface area contributed by atoms with Gasteiger partial charge in [0.1, 0.15) is 12.4 Å². The lowest BCUT2D eigenvalue weighted by Crippen LogP contribution is -2.15. The molecule has 0 spiro atoms. The van der Waals surface area contributed by atoms with Gasteiger partial charge in [0.05, 0.1) is 5.56 Å². The first-order chi connectivity index (χ1) is 18.5. The lowest BCUT2D eigenvalue weighted by Gasteiger charge is -2.16. The Morgan fingerprint density at radius 2 is 1.42 bits per heavy atom. The number of carbonyl (C=O) groups is 2.